The normalized spacial score (nSPS) is 24.6. The van der Waals surface area contributed by atoms with Crippen LogP contribution in [-0.2, 0) is 11.3 Å². The van der Waals surface area contributed by atoms with Gasteiger partial charge in [0.1, 0.15) is 0 Å². The molecule has 8 heteroatoms. The van der Waals surface area contributed by atoms with Gasteiger partial charge in [-0.3, -0.25) is 9.80 Å². The highest BCUT2D eigenvalue weighted by Crippen LogP contribution is 2.16. The lowest BCUT2D eigenvalue weighted by Crippen LogP contribution is -2.52. The molecule has 154 valence electrons. The summed E-state index contributed by atoms with van der Waals surface area (Å²) in [5.41, 5.74) is 0.730. The summed E-state index contributed by atoms with van der Waals surface area (Å²) >= 11 is 0. The molecular weight excluding hydrogens is 376 g/mol. The summed E-state index contributed by atoms with van der Waals surface area (Å²) in [6.07, 6.45) is 1.46. The Bertz CT molecular complexity index is 576. The van der Waals surface area contributed by atoms with Gasteiger partial charge in [-0.05, 0) is 43.6 Å². The number of morpholine rings is 1. The molecule has 5 nitrogen and oxygen atoms in total. The van der Waals surface area contributed by atoms with Gasteiger partial charge >= 0.3 is 0 Å². The van der Waals surface area contributed by atoms with Crippen LogP contribution in [0.3, 0.4) is 0 Å². The third-order valence-electron chi connectivity index (χ3n) is 5.22. The molecule has 0 unspecified atom stereocenters. The van der Waals surface area contributed by atoms with Gasteiger partial charge in [0, 0.05) is 38.8 Å². The number of nitrogens with zero attached hydrogens (tertiary/aromatic N) is 2. The predicted octanol–water partition coefficient (Wildman–Crippen LogP) is 1.63. The molecule has 2 aliphatic rings. The highest BCUT2D eigenvalue weighted by Gasteiger charge is 2.27. The fraction of sp³-hybridized carbons (Fsp3) is 0.684. The molecule has 2 atom stereocenters. The number of likely N-dealkylation sites (tertiary alicyclic amines) is 1. The van der Waals surface area contributed by atoms with Gasteiger partial charge < -0.3 is 15.2 Å². The summed E-state index contributed by atoms with van der Waals surface area (Å²) in [7, 11) is 0. The average Bonchev–Trinajstić information content (AvgIpc) is 2.64. The van der Waals surface area contributed by atoms with Crippen molar-refractivity contribution in [3.8, 4) is 0 Å². The van der Waals surface area contributed by atoms with Crippen LogP contribution in [0.25, 0.3) is 0 Å². The molecule has 2 saturated heterocycles. The van der Waals surface area contributed by atoms with Gasteiger partial charge in [0.15, 0.2) is 11.6 Å². The highest BCUT2D eigenvalue weighted by atomic mass is 35.5. The molecule has 0 amide bonds. The predicted molar refractivity (Wildman–Crippen MR) is 103 cm³/mol. The zero-order valence-electron chi connectivity index (χ0n) is 15.6. The molecule has 2 N–H and O–H groups in total. The number of ether oxygens (including phenoxy) is 1. The Morgan fingerprint density at radius 2 is 1.89 bits per heavy atom. The van der Waals surface area contributed by atoms with E-state index in [0.29, 0.717) is 13.1 Å². The Morgan fingerprint density at radius 3 is 2.59 bits per heavy atom. The van der Waals surface area contributed by atoms with Crippen molar-refractivity contribution in [1.29, 1.82) is 0 Å². The fourth-order valence-corrected chi connectivity index (χ4v) is 3.69. The van der Waals surface area contributed by atoms with Crippen LogP contribution in [0.4, 0.5) is 8.78 Å². The van der Waals surface area contributed by atoms with Crippen LogP contribution >= 0.6 is 12.4 Å². The topological polar surface area (TPSA) is 48.0 Å². The fourth-order valence-electron chi connectivity index (χ4n) is 3.69. The highest BCUT2D eigenvalue weighted by molar-refractivity contribution is 5.85. The maximum atomic E-state index is 13.3. The molecule has 0 saturated carbocycles. The van der Waals surface area contributed by atoms with E-state index in [-0.39, 0.29) is 18.4 Å². The average molecular weight is 406 g/mol. The maximum absolute atomic E-state index is 13.3. The van der Waals surface area contributed by atoms with Crippen molar-refractivity contribution in [2.24, 2.45) is 0 Å². The van der Waals surface area contributed by atoms with Crippen LogP contribution in [0.5, 0.6) is 0 Å². The van der Waals surface area contributed by atoms with Crippen LogP contribution in [-0.4, -0.2) is 79.5 Å². The standard InChI is InChI=1S/C19H29F2N3O2.ClH/c20-16-3-2-15(12-17(16)21)13-24-7-4-18(19(25)14-24)22-5-1-6-23-8-10-26-11-9-23;/h2-3,12,18-19,22,25H,1,4-11,13-14H2;1H/t18-,19-;/m1./s1. The van der Waals surface area contributed by atoms with Crippen LogP contribution in [0.2, 0.25) is 0 Å². The van der Waals surface area contributed by atoms with Gasteiger partial charge in [0.05, 0.1) is 19.3 Å². The Balaban J connectivity index is 0.00000261. The number of halogens is 3. The molecular formula is C19H30ClF2N3O2. The van der Waals surface area contributed by atoms with Crippen LogP contribution < -0.4 is 5.32 Å². The first kappa shape index (κ1) is 22.5. The summed E-state index contributed by atoms with van der Waals surface area (Å²) in [5.74, 6) is -1.64. The molecule has 0 bridgehead atoms. The first-order valence-corrected chi connectivity index (χ1v) is 9.49. The van der Waals surface area contributed by atoms with Crippen molar-refractivity contribution >= 4 is 12.4 Å². The summed E-state index contributed by atoms with van der Waals surface area (Å²) in [6.45, 7) is 7.50. The van der Waals surface area contributed by atoms with Crippen LogP contribution in [0.1, 0.15) is 18.4 Å². The number of aliphatic hydroxyl groups excluding tert-OH is 1. The number of nitrogens with one attached hydrogen (secondary N) is 1. The van der Waals surface area contributed by atoms with Gasteiger partial charge in [-0.1, -0.05) is 6.07 Å². The van der Waals surface area contributed by atoms with Crippen molar-refractivity contribution in [3.63, 3.8) is 0 Å². The Morgan fingerprint density at radius 1 is 1.11 bits per heavy atom. The van der Waals surface area contributed by atoms with E-state index in [2.05, 4.69) is 15.1 Å². The van der Waals surface area contributed by atoms with Crippen molar-refractivity contribution in [2.45, 2.75) is 31.5 Å². The minimum Gasteiger partial charge on any atom is -0.390 e. The maximum Gasteiger partial charge on any atom is 0.159 e. The van der Waals surface area contributed by atoms with Crippen LogP contribution in [0.15, 0.2) is 18.2 Å². The van der Waals surface area contributed by atoms with E-state index in [9.17, 15) is 13.9 Å². The Labute approximate surface area is 166 Å². The van der Waals surface area contributed by atoms with Crippen molar-refractivity contribution in [3.05, 3.63) is 35.4 Å². The van der Waals surface area contributed by atoms with Gasteiger partial charge in [-0.2, -0.15) is 0 Å². The van der Waals surface area contributed by atoms with Gasteiger partial charge in [-0.25, -0.2) is 8.78 Å². The number of hydrogen-bond donors (Lipinski definition) is 2. The van der Waals surface area contributed by atoms with Crippen LogP contribution in [0, 0.1) is 11.6 Å². The molecule has 27 heavy (non-hydrogen) atoms. The molecule has 2 fully saturated rings. The van der Waals surface area contributed by atoms with E-state index in [1.165, 1.54) is 6.07 Å². The lowest BCUT2D eigenvalue weighted by molar-refractivity contribution is 0.0317. The van der Waals surface area contributed by atoms with E-state index in [1.807, 2.05) is 0 Å². The minimum absolute atomic E-state index is 0. The second kappa shape index (κ2) is 11.2. The number of aliphatic hydroxyl groups is 1. The largest absolute Gasteiger partial charge is 0.390 e. The van der Waals surface area contributed by atoms with E-state index < -0.39 is 17.7 Å². The third kappa shape index (κ3) is 6.93. The minimum atomic E-state index is -0.825. The summed E-state index contributed by atoms with van der Waals surface area (Å²) < 4.78 is 31.7. The lowest BCUT2D eigenvalue weighted by atomic mass is 10.0. The van der Waals surface area contributed by atoms with E-state index in [4.69, 9.17) is 4.74 Å². The number of benzene rings is 1. The van der Waals surface area contributed by atoms with Crippen molar-refractivity contribution in [2.75, 3.05) is 52.5 Å². The van der Waals surface area contributed by atoms with Gasteiger partial charge in [0.25, 0.3) is 0 Å². The van der Waals surface area contributed by atoms with Crippen molar-refractivity contribution < 1.29 is 18.6 Å². The third-order valence-corrected chi connectivity index (χ3v) is 5.22. The SMILES string of the molecule is Cl.O[C@@H]1CN(Cc2ccc(F)c(F)c2)CC[C@H]1NCCCN1CCOCC1. The Kier molecular flexibility index (Phi) is 9.35. The molecule has 0 aliphatic carbocycles. The number of β-amino-alcohol motifs (C(OH)–C–C–N with tert-alkyl or cyclic N) is 1. The first-order chi connectivity index (χ1) is 12.6. The zero-order chi connectivity index (χ0) is 18.4. The van der Waals surface area contributed by atoms with Crippen molar-refractivity contribution in [1.82, 2.24) is 15.1 Å². The second-order valence-corrected chi connectivity index (χ2v) is 7.21. The quantitative estimate of drug-likeness (QED) is 0.675. The summed E-state index contributed by atoms with van der Waals surface area (Å²) in [6, 6.07) is 4.09. The second-order valence-electron chi connectivity index (χ2n) is 7.21. The molecule has 2 aliphatic heterocycles. The molecule has 0 aromatic heterocycles. The molecule has 3 rings (SSSR count). The molecule has 1 aromatic carbocycles. The first-order valence-electron chi connectivity index (χ1n) is 9.49. The summed E-state index contributed by atoms with van der Waals surface area (Å²) in [5, 5.41) is 13.9. The zero-order valence-corrected chi connectivity index (χ0v) is 16.4. The van der Waals surface area contributed by atoms with E-state index in [1.54, 1.807) is 6.07 Å². The van der Waals surface area contributed by atoms with Gasteiger partial charge in [-0.15, -0.1) is 12.4 Å². The lowest BCUT2D eigenvalue weighted by Gasteiger charge is -2.36. The number of piperidine rings is 1. The van der Waals surface area contributed by atoms with E-state index >= 15 is 0 Å². The molecule has 1 aromatic rings. The summed E-state index contributed by atoms with van der Waals surface area (Å²) in [4.78, 5) is 4.50. The van der Waals surface area contributed by atoms with Gasteiger partial charge in [0.2, 0.25) is 0 Å². The van der Waals surface area contributed by atoms with E-state index in [0.717, 1.165) is 70.4 Å². The number of hydrogen-bond acceptors (Lipinski definition) is 5. The monoisotopic (exact) mass is 405 g/mol. The number of rotatable bonds is 7. The molecule has 0 radical (unpaired) electrons. The molecule has 2 heterocycles. The molecule has 0 spiro atoms. The smallest absolute Gasteiger partial charge is 0.159 e. The Hall–Kier alpha value is -0.830.